The molecule has 3 heterocycles. The Hall–Kier alpha value is -2.84. The molecule has 0 aliphatic carbocycles. The van der Waals surface area contributed by atoms with E-state index in [1.54, 1.807) is 16.8 Å². The summed E-state index contributed by atoms with van der Waals surface area (Å²) in [4.78, 5) is 42.2. The van der Waals surface area contributed by atoms with Gasteiger partial charge in [0.2, 0.25) is 5.91 Å². The van der Waals surface area contributed by atoms with Crippen molar-refractivity contribution in [2.24, 2.45) is 0 Å². The molecule has 0 spiro atoms. The molecule has 0 unspecified atom stereocenters. The van der Waals surface area contributed by atoms with E-state index in [0.29, 0.717) is 35.7 Å². The number of benzene rings is 1. The van der Waals surface area contributed by atoms with E-state index in [-0.39, 0.29) is 11.8 Å². The van der Waals surface area contributed by atoms with Crippen molar-refractivity contribution in [1.82, 2.24) is 19.8 Å². The van der Waals surface area contributed by atoms with Gasteiger partial charge in [-0.15, -0.1) is 0 Å². The lowest BCUT2D eigenvalue weighted by atomic mass is 10.2. The molecule has 8 heteroatoms. The number of aromatic nitrogens is 2. The van der Waals surface area contributed by atoms with Crippen LogP contribution in [0.4, 0.5) is 17.2 Å². The minimum absolute atomic E-state index is 0.0746. The van der Waals surface area contributed by atoms with Crippen LogP contribution in [0.1, 0.15) is 16.8 Å². The summed E-state index contributed by atoms with van der Waals surface area (Å²) in [6.07, 6.45) is 3.22. The molecule has 0 N–H and O–H groups in total. The van der Waals surface area contributed by atoms with Gasteiger partial charge in [-0.25, -0.2) is 9.97 Å². The zero-order valence-corrected chi connectivity index (χ0v) is 16.2. The third-order valence-electron chi connectivity index (χ3n) is 5.41. The molecule has 28 heavy (non-hydrogen) atoms. The Morgan fingerprint density at radius 3 is 2.54 bits per heavy atom. The number of piperazine rings is 1. The maximum atomic E-state index is 13.3. The standard InChI is InChI=1S/C20H24N6O2/c1-23-9-11-25(12-10-23)8-7-18(27)26-17-6-4-3-5-16(17)24(2)20(28)15-13-21-14-22-19(15)26/h3-6,13-14H,7-12H2,1-2H3. The Bertz CT molecular complexity index is 894. The quantitative estimate of drug-likeness (QED) is 0.801. The van der Waals surface area contributed by atoms with Gasteiger partial charge in [-0.2, -0.15) is 0 Å². The number of amides is 2. The average molecular weight is 380 g/mol. The van der Waals surface area contributed by atoms with E-state index in [4.69, 9.17) is 0 Å². The Labute approximate surface area is 164 Å². The topological polar surface area (TPSA) is 72.9 Å². The average Bonchev–Trinajstić information content (AvgIpc) is 2.81. The van der Waals surface area contributed by atoms with Gasteiger partial charge in [0.05, 0.1) is 11.4 Å². The van der Waals surface area contributed by atoms with E-state index in [0.717, 1.165) is 26.2 Å². The van der Waals surface area contributed by atoms with Crippen LogP contribution in [0.25, 0.3) is 0 Å². The van der Waals surface area contributed by atoms with Gasteiger partial charge < -0.3 is 14.7 Å². The molecule has 8 nitrogen and oxygen atoms in total. The van der Waals surface area contributed by atoms with Gasteiger partial charge in [0, 0.05) is 52.4 Å². The number of fused-ring (bicyclic) bond motifs is 2. The maximum absolute atomic E-state index is 13.3. The number of carbonyl (C=O) groups excluding carboxylic acids is 2. The first-order valence-corrected chi connectivity index (χ1v) is 9.47. The number of carbonyl (C=O) groups is 2. The van der Waals surface area contributed by atoms with Crippen molar-refractivity contribution in [2.45, 2.75) is 6.42 Å². The molecular weight excluding hydrogens is 356 g/mol. The van der Waals surface area contributed by atoms with Crippen LogP contribution >= 0.6 is 0 Å². The second kappa shape index (κ2) is 7.65. The van der Waals surface area contributed by atoms with E-state index in [2.05, 4.69) is 26.8 Å². The molecule has 1 aromatic heterocycles. The molecule has 2 aliphatic rings. The van der Waals surface area contributed by atoms with Gasteiger partial charge in [0.1, 0.15) is 11.9 Å². The third kappa shape index (κ3) is 3.36. The van der Waals surface area contributed by atoms with Crippen LogP contribution < -0.4 is 9.80 Å². The second-order valence-electron chi connectivity index (χ2n) is 7.24. The van der Waals surface area contributed by atoms with Gasteiger partial charge in [0.15, 0.2) is 5.82 Å². The molecule has 2 amide bonds. The zero-order valence-electron chi connectivity index (χ0n) is 16.2. The molecule has 4 rings (SSSR count). The molecule has 146 valence electrons. The minimum atomic E-state index is -0.225. The van der Waals surface area contributed by atoms with Crippen LogP contribution in [0.15, 0.2) is 36.8 Å². The molecule has 2 aromatic rings. The fourth-order valence-corrected chi connectivity index (χ4v) is 3.68. The summed E-state index contributed by atoms with van der Waals surface area (Å²) in [5.74, 6) is 0.0482. The molecule has 0 saturated carbocycles. The summed E-state index contributed by atoms with van der Waals surface area (Å²) in [5.41, 5.74) is 1.67. The smallest absolute Gasteiger partial charge is 0.263 e. The maximum Gasteiger partial charge on any atom is 0.263 e. The highest BCUT2D eigenvalue weighted by Gasteiger charge is 2.33. The van der Waals surface area contributed by atoms with Gasteiger partial charge >= 0.3 is 0 Å². The van der Waals surface area contributed by atoms with E-state index >= 15 is 0 Å². The first-order valence-electron chi connectivity index (χ1n) is 9.47. The fraction of sp³-hybridized carbons (Fsp3) is 0.400. The second-order valence-corrected chi connectivity index (χ2v) is 7.24. The first kappa shape index (κ1) is 18.5. The SMILES string of the molecule is CN1CCN(CCC(=O)N2c3ccccc3N(C)C(=O)c3cncnc32)CC1. The van der Waals surface area contributed by atoms with Gasteiger partial charge in [-0.1, -0.05) is 12.1 Å². The largest absolute Gasteiger partial charge is 0.309 e. The van der Waals surface area contributed by atoms with Crippen LogP contribution in [0, 0.1) is 0 Å². The number of hydrogen-bond acceptors (Lipinski definition) is 6. The number of rotatable bonds is 3. The summed E-state index contributed by atoms with van der Waals surface area (Å²) in [6, 6.07) is 7.42. The highest BCUT2D eigenvalue weighted by molar-refractivity contribution is 6.17. The highest BCUT2D eigenvalue weighted by atomic mass is 16.2. The van der Waals surface area contributed by atoms with Crippen molar-refractivity contribution in [3.05, 3.63) is 42.4 Å². The van der Waals surface area contributed by atoms with E-state index in [1.165, 1.54) is 12.5 Å². The van der Waals surface area contributed by atoms with Crippen LogP contribution in [-0.2, 0) is 4.79 Å². The highest BCUT2D eigenvalue weighted by Crippen LogP contribution is 2.39. The molecule has 2 aliphatic heterocycles. The van der Waals surface area contributed by atoms with Crippen molar-refractivity contribution in [3.8, 4) is 0 Å². The predicted molar refractivity (Wildman–Crippen MR) is 107 cm³/mol. The fourth-order valence-electron chi connectivity index (χ4n) is 3.68. The Balaban J connectivity index is 1.65. The van der Waals surface area contributed by atoms with Crippen LogP contribution in [0.3, 0.4) is 0 Å². The van der Waals surface area contributed by atoms with E-state index < -0.39 is 0 Å². The van der Waals surface area contributed by atoms with Crippen molar-refractivity contribution in [1.29, 1.82) is 0 Å². The number of anilines is 3. The van der Waals surface area contributed by atoms with E-state index in [9.17, 15) is 9.59 Å². The van der Waals surface area contributed by atoms with Gasteiger partial charge in [0.25, 0.3) is 5.91 Å². The predicted octanol–water partition coefficient (Wildman–Crippen LogP) is 1.37. The number of para-hydroxylation sites is 2. The molecule has 1 saturated heterocycles. The molecule has 0 atom stereocenters. The number of hydrogen-bond donors (Lipinski definition) is 0. The molecule has 0 radical (unpaired) electrons. The van der Waals surface area contributed by atoms with Gasteiger partial charge in [-0.3, -0.25) is 14.5 Å². The summed E-state index contributed by atoms with van der Waals surface area (Å²) >= 11 is 0. The molecular formula is C20H24N6O2. The molecule has 1 fully saturated rings. The Morgan fingerprint density at radius 1 is 1.07 bits per heavy atom. The van der Waals surface area contributed by atoms with E-state index in [1.807, 2.05) is 24.3 Å². The van der Waals surface area contributed by atoms with Crippen LogP contribution in [0.5, 0.6) is 0 Å². The zero-order chi connectivity index (χ0) is 19.7. The van der Waals surface area contributed by atoms with Crippen LogP contribution in [0.2, 0.25) is 0 Å². The monoisotopic (exact) mass is 380 g/mol. The van der Waals surface area contributed by atoms with Crippen molar-refractivity contribution in [3.63, 3.8) is 0 Å². The number of likely N-dealkylation sites (N-methyl/N-ethyl adjacent to an activating group) is 1. The lowest BCUT2D eigenvalue weighted by Crippen LogP contribution is -2.45. The number of nitrogens with zero attached hydrogens (tertiary/aromatic N) is 6. The lowest BCUT2D eigenvalue weighted by molar-refractivity contribution is -0.118. The normalized spacial score (nSPS) is 17.9. The molecule has 1 aromatic carbocycles. The van der Waals surface area contributed by atoms with Crippen molar-refractivity contribution >= 4 is 29.0 Å². The summed E-state index contributed by atoms with van der Waals surface area (Å²) in [5, 5.41) is 0. The summed E-state index contributed by atoms with van der Waals surface area (Å²) < 4.78 is 0. The van der Waals surface area contributed by atoms with Crippen LogP contribution in [-0.4, -0.2) is 78.4 Å². The Morgan fingerprint density at radius 2 is 1.79 bits per heavy atom. The lowest BCUT2D eigenvalue weighted by Gasteiger charge is -2.32. The Kier molecular flexibility index (Phi) is 5.06. The summed E-state index contributed by atoms with van der Waals surface area (Å²) in [7, 11) is 3.82. The molecule has 0 bridgehead atoms. The first-order chi connectivity index (χ1) is 13.6. The minimum Gasteiger partial charge on any atom is -0.309 e. The van der Waals surface area contributed by atoms with Crippen molar-refractivity contribution in [2.75, 3.05) is 56.6 Å². The summed E-state index contributed by atoms with van der Waals surface area (Å²) in [6.45, 7) is 4.63. The third-order valence-corrected chi connectivity index (χ3v) is 5.41. The van der Waals surface area contributed by atoms with Crippen molar-refractivity contribution < 1.29 is 9.59 Å². The van der Waals surface area contributed by atoms with Gasteiger partial charge in [-0.05, 0) is 19.2 Å².